The van der Waals surface area contributed by atoms with Crippen LogP contribution in [0.4, 0.5) is 0 Å². The minimum absolute atomic E-state index is 0.0940. The average molecular weight is 368 g/mol. The Kier molecular flexibility index (Phi) is 6.98. The van der Waals surface area contributed by atoms with Crippen molar-refractivity contribution in [3.8, 4) is 0 Å². The second-order valence-corrected chi connectivity index (χ2v) is 8.56. The highest BCUT2D eigenvalue weighted by Crippen LogP contribution is 2.20. The zero-order valence-corrected chi connectivity index (χ0v) is 16.1. The monoisotopic (exact) mass is 367 g/mol. The summed E-state index contributed by atoms with van der Waals surface area (Å²) >= 11 is 0. The van der Waals surface area contributed by atoms with Gasteiger partial charge in [-0.2, -0.15) is 0 Å². The summed E-state index contributed by atoms with van der Waals surface area (Å²) in [6.07, 6.45) is 1.96. The van der Waals surface area contributed by atoms with E-state index in [-0.39, 0.29) is 16.8 Å². The van der Waals surface area contributed by atoms with Crippen molar-refractivity contribution in [1.82, 2.24) is 14.9 Å². The van der Waals surface area contributed by atoms with Crippen LogP contribution in [0.5, 0.6) is 0 Å². The molecule has 0 aromatic heterocycles. The van der Waals surface area contributed by atoms with E-state index in [1.54, 1.807) is 26.0 Å². The van der Waals surface area contributed by atoms with Gasteiger partial charge in [-0.1, -0.05) is 13.0 Å². The molecule has 1 aliphatic rings. The molecule has 25 heavy (non-hydrogen) atoms. The number of nitrogens with zero attached hydrogens (tertiary/aromatic N) is 1. The van der Waals surface area contributed by atoms with E-state index >= 15 is 0 Å². The maximum Gasteiger partial charge on any atom is 0.253 e. The lowest BCUT2D eigenvalue weighted by Gasteiger charge is -2.32. The first-order chi connectivity index (χ1) is 11.8. The van der Waals surface area contributed by atoms with E-state index in [1.807, 2.05) is 4.90 Å². The third-order valence-electron chi connectivity index (χ3n) is 4.37. The van der Waals surface area contributed by atoms with Gasteiger partial charge >= 0.3 is 0 Å². The topological polar surface area (TPSA) is 78.5 Å². The van der Waals surface area contributed by atoms with Gasteiger partial charge in [-0.3, -0.25) is 4.79 Å². The number of piperidine rings is 1. The number of hydrogen-bond donors (Lipinski definition) is 2. The van der Waals surface area contributed by atoms with Gasteiger partial charge in [-0.15, -0.1) is 0 Å². The van der Waals surface area contributed by atoms with Crippen LogP contribution in [0.15, 0.2) is 29.2 Å². The van der Waals surface area contributed by atoms with Crippen LogP contribution in [0.1, 0.15) is 44.0 Å². The summed E-state index contributed by atoms with van der Waals surface area (Å²) in [5.41, 5.74) is 0.428. The molecule has 0 aliphatic carbocycles. The zero-order valence-electron chi connectivity index (χ0n) is 15.3. The van der Waals surface area contributed by atoms with Crippen LogP contribution in [0, 0.1) is 5.92 Å². The van der Waals surface area contributed by atoms with Crippen molar-refractivity contribution in [2.24, 2.45) is 5.92 Å². The van der Waals surface area contributed by atoms with Gasteiger partial charge in [0.15, 0.2) is 0 Å². The minimum atomic E-state index is -3.59. The highest BCUT2D eigenvalue weighted by atomic mass is 32.2. The number of hydrogen-bond acceptors (Lipinski definition) is 4. The first-order valence-corrected chi connectivity index (χ1v) is 10.4. The molecule has 0 saturated carbocycles. The lowest BCUT2D eigenvalue weighted by atomic mass is 9.96. The van der Waals surface area contributed by atoms with Gasteiger partial charge in [-0.25, -0.2) is 13.1 Å². The SMILES string of the molecule is CCNCC1CCN(C(=O)c2cccc(S(=O)(=O)NC(C)C)c2)CC1. The molecule has 7 heteroatoms. The van der Waals surface area contributed by atoms with Crippen molar-refractivity contribution in [2.45, 2.75) is 44.6 Å². The molecule has 2 rings (SSSR count). The fraction of sp³-hybridized carbons (Fsp3) is 0.611. The van der Waals surface area contributed by atoms with Gasteiger partial charge in [0.05, 0.1) is 4.90 Å². The predicted molar refractivity (Wildman–Crippen MR) is 99.1 cm³/mol. The number of likely N-dealkylation sites (tertiary alicyclic amines) is 1. The molecule has 1 heterocycles. The highest BCUT2D eigenvalue weighted by molar-refractivity contribution is 7.89. The van der Waals surface area contributed by atoms with Crippen LogP contribution >= 0.6 is 0 Å². The molecular weight excluding hydrogens is 338 g/mol. The Morgan fingerprint density at radius 3 is 2.56 bits per heavy atom. The van der Waals surface area contributed by atoms with Gasteiger partial charge in [-0.05, 0) is 63.9 Å². The number of amides is 1. The first kappa shape index (κ1) is 19.9. The van der Waals surface area contributed by atoms with Gasteiger partial charge in [0, 0.05) is 24.7 Å². The van der Waals surface area contributed by atoms with Crippen LogP contribution in [0.2, 0.25) is 0 Å². The average Bonchev–Trinajstić information content (AvgIpc) is 2.59. The molecule has 140 valence electrons. The molecule has 0 spiro atoms. The van der Waals surface area contributed by atoms with Gasteiger partial charge in [0.25, 0.3) is 5.91 Å². The molecular formula is C18H29N3O3S. The van der Waals surface area contributed by atoms with Gasteiger partial charge < -0.3 is 10.2 Å². The Morgan fingerprint density at radius 2 is 1.96 bits per heavy atom. The molecule has 0 atom stereocenters. The third-order valence-corrected chi connectivity index (χ3v) is 6.02. The second-order valence-electron chi connectivity index (χ2n) is 6.85. The van der Waals surface area contributed by atoms with Crippen molar-refractivity contribution in [1.29, 1.82) is 0 Å². The number of sulfonamides is 1. The van der Waals surface area contributed by atoms with Crippen molar-refractivity contribution < 1.29 is 13.2 Å². The van der Waals surface area contributed by atoms with Crippen molar-refractivity contribution in [3.63, 3.8) is 0 Å². The maximum absolute atomic E-state index is 12.7. The van der Waals surface area contributed by atoms with Crippen LogP contribution in [0.25, 0.3) is 0 Å². The highest BCUT2D eigenvalue weighted by Gasteiger charge is 2.24. The standard InChI is InChI=1S/C18H29N3O3S/c1-4-19-13-15-8-10-21(11-9-15)18(22)16-6-5-7-17(12-16)25(23,24)20-14(2)3/h5-7,12,14-15,19-20H,4,8-11,13H2,1-3H3. The Labute approximate surface area is 151 Å². The van der Waals surface area contributed by atoms with Gasteiger partial charge in [0.2, 0.25) is 10.0 Å². The molecule has 1 saturated heterocycles. The molecule has 6 nitrogen and oxygen atoms in total. The smallest absolute Gasteiger partial charge is 0.253 e. The normalized spacial score (nSPS) is 16.4. The number of benzene rings is 1. The molecule has 1 fully saturated rings. The molecule has 0 unspecified atom stereocenters. The molecule has 1 aliphatic heterocycles. The molecule has 1 amide bonds. The largest absolute Gasteiger partial charge is 0.339 e. The van der Waals surface area contributed by atoms with Crippen molar-refractivity contribution in [3.05, 3.63) is 29.8 Å². The Hall–Kier alpha value is -1.44. The molecule has 2 N–H and O–H groups in total. The van der Waals surface area contributed by atoms with E-state index in [2.05, 4.69) is 17.0 Å². The summed E-state index contributed by atoms with van der Waals surface area (Å²) in [5, 5.41) is 3.36. The summed E-state index contributed by atoms with van der Waals surface area (Å²) in [6.45, 7) is 9.02. The fourth-order valence-corrected chi connectivity index (χ4v) is 4.34. The van der Waals surface area contributed by atoms with Crippen molar-refractivity contribution >= 4 is 15.9 Å². The summed E-state index contributed by atoms with van der Waals surface area (Å²) in [4.78, 5) is 14.7. The van der Waals surface area contributed by atoms with E-state index in [4.69, 9.17) is 0 Å². The summed E-state index contributed by atoms with van der Waals surface area (Å²) < 4.78 is 27.1. The Balaban J connectivity index is 2.05. The van der Waals surface area contributed by atoms with Crippen LogP contribution < -0.4 is 10.0 Å². The molecule has 1 aromatic rings. The number of nitrogens with one attached hydrogen (secondary N) is 2. The lowest BCUT2D eigenvalue weighted by Crippen LogP contribution is -2.40. The first-order valence-electron chi connectivity index (χ1n) is 8.96. The van der Waals surface area contributed by atoms with Crippen LogP contribution in [0.3, 0.4) is 0 Å². The second kappa shape index (κ2) is 8.78. The lowest BCUT2D eigenvalue weighted by molar-refractivity contribution is 0.0690. The van der Waals surface area contributed by atoms with E-state index in [1.165, 1.54) is 12.1 Å². The molecule has 0 radical (unpaired) electrons. The number of carbonyl (C=O) groups is 1. The maximum atomic E-state index is 12.7. The summed E-state index contributed by atoms with van der Waals surface area (Å²) in [5.74, 6) is 0.509. The fourth-order valence-electron chi connectivity index (χ4n) is 3.05. The van der Waals surface area contributed by atoms with E-state index < -0.39 is 10.0 Å². The minimum Gasteiger partial charge on any atom is -0.339 e. The van der Waals surface area contributed by atoms with Gasteiger partial charge in [0.1, 0.15) is 0 Å². The predicted octanol–water partition coefficient (Wildman–Crippen LogP) is 1.83. The number of carbonyl (C=O) groups excluding carboxylic acids is 1. The third kappa shape index (κ3) is 5.52. The van der Waals surface area contributed by atoms with E-state index in [0.717, 1.165) is 39.0 Å². The Bertz CT molecular complexity index is 681. The Morgan fingerprint density at radius 1 is 1.28 bits per heavy atom. The van der Waals surface area contributed by atoms with E-state index in [9.17, 15) is 13.2 Å². The summed E-state index contributed by atoms with van der Waals surface area (Å²) in [6, 6.07) is 6.10. The van der Waals surface area contributed by atoms with E-state index in [0.29, 0.717) is 11.5 Å². The summed E-state index contributed by atoms with van der Waals surface area (Å²) in [7, 11) is -3.59. The van der Waals surface area contributed by atoms with Crippen LogP contribution in [-0.4, -0.2) is 51.4 Å². The number of rotatable bonds is 7. The zero-order chi connectivity index (χ0) is 18.4. The van der Waals surface area contributed by atoms with Crippen molar-refractivity contribution in [2.75, 3.05) is 26.2 Å². The quantitative estimate of drug-likeness (QED) is 0.771. The molecule has 0 bridgehead atoms. The van der Waals surface area contributed by atoms with Crippen LogP contribution in [-0.2, 0) is 10.0 Å². The molecule has 1 aromatic carbocycles.